The van der Waals surface area contributed by atoms with Gasteiger partial charge in [0.25, 0.3) is 0 Å². The molecule has 1 heterocycles. The molecule has 2 amide bonds. The molecule has 0 bridgehead atoms. The van der Waals surface area contributed by atoms with Crippen LogP contribution >= 0.6 is 0 Å². The number of rotatable bonds is 6. The minimum Gasteiger partial charge on any atom is -0.327 e. The molecule has 0 fully saturated rings. The van der Waals surface area contributed by atoms with Gasteiger partial charge >= 0.3 is 6.03 Å². The molecule has 0 spiro atoms. The van der Waals surface area contributed by atoms with Crippen LogP contribution in [0.1, 0.15) is 30.7 Å². The Hall–Kier alpha value is -2.36. The molecular formula is C19H25N3O. The van der Waals surface area contributed by atoms with Crippen LogP contribution in [0, 0.1) is 0 Å². The number of hydrogen-bond acceptors (Lipinski definition) is 2. The highest BCUT2D eigenvalue weighted by Gasteiger charge is 2.13. The molecule has 4 heteroatoms. The van der Waals surface area contributed by atoms with Crippen LogP contribution in [0.4, 0.5) is 10.5 Å². The molecule has 0 radical (unpaired) electrons. The predicted molar refractivity (Wildman–Crippen MR) is 94.8 cm³/mol. The Balaban J connectivity index is 2.01. The first-order chi connectivity index (χ1) is 11.2. The Morgan fingerprint density at radius 2 is 1.78 bits per heavy atom. The number of aryl methyl sites for hydroxylation is 2. The summed E-state index contributed by atoms with van der Waals surface area (Å²) in [5.74, 6) is 0. The van der Waals surface area contributed by atoms with Gasteiger partial charge in [0.05, 0.1) is 0 Å². The first-order valence-electron chi connectivity index (χ1n) is 8.18. The summed E-state index contributed by atoms with van der Waals surface area (Å²) < 4.78 is 0. The maximum absolute atomic E-state index is 12.5. The molecule has 1 N–H and O–H groups in total. The maximum Gasteiger partial charge on any atom is 0.321 e. The zero-order chi connectivity index (χ0) is 16.7. The van der Waals surface area contributed by atoms with Crippen molar-refractivity contribution in [3.8, 4) is 0 Å². The van der Waals surface area contributed by atoms with E-state index in [0.29, 0.717) is 6.54 Å². The minimum absolute atomic E-state index is 0.0727. The van der Waals surface area contributed by atoms with Gasteiger partial charge in [-0.1, -0.05) is 38.1 Å². The van der Waals surface area contributed by atoms with Gasteiger partial charge in [-0.25, -0.2) is 4.79 Å². The zero-order valence-corrected chi connectivity index (χ0v) is 14.2. The second-order valence-electron chi connectivity index (χ2n) is 5.58. The van der Waals surface area contributed by atoms with Gasteiger partial charge in [-0.2, -0.15) is 0 Å². The Morgan fingerprint density at radius 1 is 1.09 bits per heavy atom. The van der Waals surface area contributed by atoms with Crippen LogP contribution in [0.15, 0.2) is 42.6 Å². The number of hydrogen-bond donors (Lipinski definition) is 1. The molecule has 0 aliphatic carbocycles. The van der Waals surface area contributed by atoms with Crippen molar-refractivity contribution >= 4 is 11.7 Å². The van der Waals surface area contributed by atoms with Crippen molar-refractivity contribution in [3.05, 3.63) is 59.4 Å². The topological polar surface area (TPSA) is 45.2 Å². The van der Waals surface area contributed by atoms with Crippen molar-refractivity contribution in [2.24, 2.45) is 0 Å². The van der Waals surface area contributed by atoms with E-state index in [9.17, 15) is 4.79 Å². The standard InChI is InChI=1S/C19H25N3O/c1-4-15-9-8-10-16(5-2)18(15)21-19(23)22(3)14-12-17-11-6-7-13-20-17/h6-11,13H,4-5,12,14H2,1-3H3,(H,21,23). The van der Waals surface area contributed by atoms with Gasteiger partial charge < -0.3 is 10.2 Å². The fourth-order valence-electron chi connectivity index (χ4n) is 2.54. The highest BCUT2D eigenvalue weighted by Crippen LogP contribution is 2.22. The van der Waals surface area contributed by atoms with Gasteiger partial charge in [-0.3, -0.25) is 4.98 Å². The maximum atomic E-state index is 12.5. The lowest BCUT2D eigenvalue weighted by molar-refractivity contribution is 0.223. The average molecular weight is 311 g/mol. The molecule has 1 aromatic carbocycles. The predicted octanol–water partition coefficient (Wildman–Crippen LogP) is 3.91. The SMILES string of the molecule is CCc1cccc(CC)c1NC(=O)N(C)CCc1ccccn1. The van der Waals surface area contributed by atoms with Crippen LogP contribution in [0.25, 0.3) is 0 Å². The van der Waals surface area contributed by atoms with E-state index in [1.165, 1.54) is 11.1 Å². The third kappa shape index (κ3) is 4.55. The summed E-state index contributed by atoms with van der Waals surface area (Å²) in [4.78, 5) is 18.5. The molecule has 0 unspecified atom stereocenters. The molecule has 2 aromatic rings. The monoisotopic (exact) mass is 311 g/mol. The number of para-hydroxylation sites is 1. The Kier molecular flexibility index (Phi) is 6.15. The second kappa shape index (κ2) is 8.32. The summed E-state index contributed by atoms with van der Waals surface area (Å²) >= 11 is 0. The highest BCUT2D eigenvalue weighted by molar-refractivity contribution is 5.91. The van der Waals surface area contributed by atoms with Crippen LogP contribution in [0.2, 0.25) is 0 Å². The number of anilines is 1. The molecule has 4 nitrogen and oxygen atoms in total. The van der Waals surface area contributed by atoms with Gasteiger partial charge in [-0.15, -0.1) is 0 Å². The first-order valence-corrected chi connectivity index (χ1v) is 8.18. The minimum atomic E-state index is -0.0727. The van der Waals surface area contributed by atoms with Crippen LogP contribution in [0.3, 0.4) is 0 Å². The van der Waals surface area contributed by atoms with E-state index >= 15 is 0 Å². The number of amides is 2. The van der Waals surface area contributed by atoms with E-state index in [1.54, 1.807) is 11.1 Å². The van der Waals surface area contributed by atoms with Crippen molar-refractivity contribution in [2.75, 3.05) is 18.9 Å². The Morgan fingerprint density at radius 3 is 2.35 bits per heavy atom. The van der Waals surface area contributed by atoms with Crippen molar-refractivity contribution in [1.82, 2.24) is 9.88 Å². The average Bonchev–Trinajstić information content (AvgIpc) is 2.60. The molecule has 0 aliphatic rings. The van der Waals surface area contributed by atoms with Crippen molar-refractivity contribution in [2.45, 2.75) is 33.1 Å². The number of aromatic nitrogens is 1. The molecule has 122 valence electrons. The van der Waals surface area contributed by atoms with E-state index in [0.717, 1.165) is 30.6 Å². The molecule has 0 saturated heterocycles. The number of likely N-dealkylation sites (N-methyl/N-ethyl adjacent to an activating group) is 1. The summed E-state index contributed by atoms with van der Waals surface area (Å²) in [5, 5.41) is 3.08. The van der Waals surface area contributed by atoms with E-state index in [1.807, 2.05) is 25.2 Å². The number of benzene rings is 1. The number of nitrogens with zero attached hydrogens (tertiary/aromatic N) is 2. The lowest BCUT2D eigenvalue weighted by atomic mass is 10.0. The third-order valence-corrected chi connectivity index (χ3v) is 4.01. The van der Waals surface area contributed by atoms with Crippen LogP contribution in [-0.4, -0.2) is 29.5 Å². The first kappa shape index (κ1) is 17.0. The molecule has 0 aliphatic heterocycles. The van der Waals surface area contributed by atoms with Crippen molar-refractivity contribution in [1.29, 1.82) is 0 Å². The summed E-state index contributed by atoms with van der Waals surface area (Å²) in [6.07, 6.45) is 4.34. The Labute approximate surface area is 138 Å². The molecule has 1 aromatic heterocycles. The van der Waals surface area contributed by atoms with Crippen LogP contribution in [0.5, 0.6) is 0 Å². The number of nitrogens with one attached hydrogen (secondary N) is 1. The van der Waals surface area contributed by atoms with Gasteiger partial charge in [0.15, 0.2) is 0 Å². The molecule has 2 rings (SSSR count). The number of carbonyl (C=O) groups is 1. The molecule has 23 heavy (non-hydrogen) atoms. The molecule has 0 atom stereocenters. The van der Waals surface area contributed by atoms with Crippen molar-refractivity contribution in [3.63, 3.8) is 0 Å². The number of carbonyl (C=O) groups excluding carboxylic acids is 1. The summed E-state index contributed by atoms with van der Waals surface area (Å²) in [6.45, 7) is 4.85. The molecule has 0 saturated carbocycles. The third-order valence-electron chi connectivity index (χ3n) is 4.01. The van der Waals surface area contributed by atoms with Gasteiger partial charge in [0.2, 0.25) is 0 Å². The van der Waals surface area contributed by atoms with Crippen LogP contribution in [-0.2, 0) is 19.3 Å². The Bertz CT molecular complexity index is 618. The number of pyridine rings is 1. The highest BCUT2D eigenvalue weighted by atomic mass is 16.2. The van der Waals surface area contributed by atoms with Gasteiger partial charge in [0.1, 0.15) is 0 Å². The van der Waals surface area contributed by atoms with E-state index in [-0.39, 0.29) is 6.03 Å². The van der Waals surface area contributed by atoms with Crippen molar-refractivity contribution < 1.29 is 4.79 Å². The lowest BCUT2D eigenvalue weighted by Crippen LogP contribution is -2.33. The van der Waals surface area contributed by atoms with E-state index < -0.39 is 0 Å². The largest absolute Gasteiger partial charge is 0.327 e. The second-order valence-corrected chi connectivity index (χ2v) is 5.58. The zero-order valence-electron chi connectivity index (χ0n) is 14.2. The summed E-state index contributed by atoms with van der Waals surface area (Å²) in [7, 11) is 1.82. The fourth-order valence-corrected chi connectivity index (χ4v) is 2.54. The van der Waals surface area contributed by atoms with Crippen LogP contribution < -0.4 is 5.32 Å². The van der Waals surface area contributed by atoms with Gasteiger partial charge in [-0.05, 0) is 36.1 Å². The number of urea groups is 1. The quantitative estimate of drug-likeness (QED) is 0.879. The molecular weight excluding hydrogens is 286 g/mol. The normalized spacial score (nSPS) is 10.4. The lowest BCUT2D eigenvalue weighted by Gasteiger charge is -2.20. The van der Waals surface area contributed by atoms with E-state index in [2.05, 4.69) is 42.3 Å². The fraction of sp³-hybridized carbons (Fsp3) is 0.368. The smallest absolute Gasteiger partial charge is 0.321 e. The summed E-state index contributed by atoms with van der Waals surface area (Å²) in [5.41, 5.74) is 4.31. The van der Waals surface area contributed by atoms with Gasteiger partial charge in [0, 0.05) is 37.6 Å². The summed E-state index contributed by atoms with van der Waals surface area (Å²) in [6, 6.07) is 12.0. The van der Waals surface area contributed by atoms with E-state index in [4.69, 9.17) is 0 Å².